The first-order valence-corrected chi connectivity index (χ1v) is 5.86. The molecule has 0 aliphatic carbocycles. The van der Waals surface area contributed by atoms with E-state index in [1.54, 1.807) is 24.2 Å². The molecule has 0 aliphatic rings. The molecule has 19 heavy (non-hydrogen) atoms. The Hall–Kier alpha value is -1.12. The molecule has 0 unspecified atom stereocenters. The van der Waals surface area contributed by atoms with Crippen molar-refractivity contribution < 1.29 is 22.6 Å². The smallest absolute Gasteiger partial charge is 0.383 e. The second kappa shape index (κ2) is 8.13. The van der Waals surface area contributed by atoms with E-state index in [1.807, 2.05) is 0 Å². The maximum absolute atomic E-state index is 11.9. The van der Waals surface area contributed by atoms with Crippen molar-refractivity contribution in [1.82, 2.24) is 14.9 Å². The van der Waals surface area contributed by atoms with Gasteiger partial charge in [0.1, 0.15) is 6.61 Å². The van der Waals surface area contributed by atoms with Gasteiger partial charge in [0, 0.05) is 32.9 Å². The van der Waals surface area contributed by atoms with E-state index in [-0.39, 0.29) is 6.61 Å². The minimum Gasteiger partial charge on any atom is -0.383 e. The second-order valence-electron chi connectivity index (χ2n) is 3.92. The zero-order valence-electron chi connectivity index (χ0n) is 10.7. The minimum absolute atomic E-state index is 0.000934. The van der Waals surface area contributed by atoms with Crippen LogP contribution in [-0.4, -0.2) is 49.2 Å². The Morgan fingerprint density at radius 2 is 2.16 bits per heavy atom. The van der Waals surface area contributed by atoms with Crippen LogP contribution in [0.4, 0.5) is 13.2 Å². The van der Waals surface area contributed by atoms with Crippen LogP contribution in [0.5, 0.6) is 0 Å². The maximum atomic E-state index is 11.9. The van der Waals surface area contributed by atoms with Gasteiger partial charge in [-0.2, -0.15) is 13.2 Å². The Morgan fingerprint density at radius 1 is 1.37 bits per heavy atom. The number of nitrogens with zero attached hydrogens (tertiary/aromatic N) is 2. The summed E-state index contributed by atoms with van der Waals surface area (Å²) in [4.78, 5) is 3.96. The molecule has 1 N–H and O–H groups in total. The zero-order valence-corrected chi connectivity index (χ0v) is 10.7. The van der Waals surface area contributed by atoms with Crippen LogP contribution < -0.4 is 5.32 Å². The predicted octanol–water partition coefficient (Wildman–Crippen LogP) is 1.20. The summed E-state index contributed by atoms with van der Waals surface area (Å²) in [5.74, 6) is 0. The number of alkyl halides is 3. The summed E-state index contributed by atoms with van der Waals surface area (Å²) in [5, 5.41) is 3.14. The summed E-state index contributed by atoms with van der Waals surface area (Å²) >= 11 is 0. The van der Waals surface area contributed by atoms with Crippen LogP contribution in [-0.2, 0) is 22.6 Å². The first-order chi connectivity index (χ1) is 9.03. The van der Waals surface area contributed by atoms with Crippen molar-refractivity contribution in [1.29, 1.82) is 0 Å². The quantitative estimate of drug-likeness (QED) is 0.691. The van der Waals surface area contributed by atoms with E-state index in [9.17, 15) is 13.2 Å². The number of rotatable bonds is 9. The van der Waals surface area contributed by atoms with Crippen LogP contribution in [0.3, 0.4) is 0 Å². The van der Waals surface area contributed by atoms with Gasteiger partial charge in [0.15, 0.2) is 0 Å². The Balaban J connectivity index is 2.24. The van der Waals surface area contributed by atoms with Crippen LogP contribution in [0.15, 0.2) is 12.5 Å². The number of hydrogen-bond acceptors (Lipinski definition) is 4. The van der Waals surface area contributed by atoms with E-state index in [2.05, 4.69) is 15.0 Å². The summed E-state index contributed by atoms with van der Waals surface area (Å²) in [5.41, 5.74) is 0.895. The standard InChI is InChI=1S/C11H18F3N3O2/c1-18-4-2-15-6-10-7-16-9-17(10)3-5-19-8-11(12,13)14/h7,9,15H,2-6,8H2,1H3. The van der Waals surface area contributed by atoms with Crippen molar-refractivity contribution in [3.8, 4) is 0 Å². The molecule has 0 aliphatic heterocycles. The average molecular weight is 281 g/mol. The highest BCUT2D eigenvalue weighted by atomic mass is 19.4. The Morgan fingerprint density at radius 3 is 2.84 bits per heavy atom. The van der Waals surface area contributed by atoms with Gasteiger partial charge >= 0.3 is 6.18 Å². The second-order valence-corrected chi connectivity index (χ2v) is 3.92. The fraction of sp³-hybridized carbons (Fsp3) is 0.727. The molecule has 1 rings (SSSR count). The molecule has 0 bridgehead atoms. The Kier molecular flexibility index (Phi) is 6.82. The molecule has 110 valence electrons. The van der Waals surface area contributed by atoms with Crippen LogP contribution >= 0.6 is 0 Å². The molecule has 0 spiro atoms. The van der Waals surface area contributed by atoms with Gasteiger partial charge in [-0.25, -0.2) is 4.98 Å². The first kappa shape index (κ1) is 15.9. The zero-order chi connectivity index (χ0) is 14.1. The fourth-order valence-electron chi connectivity index (χ4n) is 1.44. The normalized spacial score (nSPS) is 12.0. The Bertz CT molecular complexity index is 355. The topological polar surface area (TPSA) is 48.3 Å². The predicted molar refractivity (Wildman–Crippen MR) is 62.7 cm³/mol. The molecule has 5 nitrogen and oxygen atoms in total. The van der Waals surface area contributed by atoms with Crippen molar-refractivity contribution in [2.24, 2.45) is 0 Å². The van der Waals surface area contributed by atoms with Crippen molar-refractivity contribution >= 4 is 0 Å². The fourth-order valence-corrected chi connectivity index (χ4v) is 1.44. The molecular weight excluding hydrogens is 263 g/mol. The van der Waals surface area contributed by atoms with Crippen LogP contribution in [0.25, 0.3) is 0 Å². The maximum Gasteiger partial charge on any atom is 0.411 e. The molecule has 0 saturated heterocycles. The SMILES string of the molecule is COCCNCc1cncn1CCOCC(F)(F)F. The monoisotopic (exact) mass is 281 g/mol. The van der Waals surface area contributed by atoms with Gasteiger partial charge in [0.05, 0.1) is 25.2 Å². The molecule has 0 fully saturated rings. The Labute approximate surface area is 109 Å². The van der Waals surface area contributed by atoms with Gasteiger partial charge in [0.25, 0.3) is 0 Å². The molecule has 0 aromatic carbocycles. The third-order valence-corrected chi connectivity index (χ3v) is 2.33. The highest BCUT2D eigenvalue weighted by molar-refractivity contribution is 4.97. The van der Waals surface area contributed by atoms with Crippen LogP contribution in [0, 0.1) is 0 Å². The van der Waals surface area contributed by atoms with E-state index in [4.69, 9.17) is 4.74 Å². The third kappa shape index (κ3) is 7.14. The van der Waals surface area contributed by atoms with E-state index in [0.29, 0.717) is 26.2 Å². The van der Waals surface area contributed by atoms with Crippen LogP contribution in [0.2, 0.25) is 0 Å². The number of ether oxygens (including phenoxy) is 2. The van der Waals surface area contributed by atoms with E-state index in [0.717, 1.165) is 5.69 Å². The van der Waals surface area contributed by atoms with Gasteiger partial charge in [-0.1, -0.05) is 0 Å². The molecule has 0 amide bonds. The van der Waals surface area contributed by atoms with Gasteiger partial charge in [-0.05, 0) is 0 Å². The molecule has 0 radical (unpaired) electrons. The molecule has 0 saturated carbocycles. The molecule has 1 heterocycles. The van der Waals surface area contributed by atoms with Gasteiger partial charge in [-0.3, -0.25) is 0 Å². The molecule has 1 aromatic heterocycles. The third-order valence-electron chi connectivity index (χ3n) is 2.33. The number of halogens is 3. The summed E-state index contributed by atoms with van der Waals surface area (Å²) in [6.07, 6.45) is -1.03. The van der Waals surface area contributed by atoms with Crippen molar-refractivity contribution in [2.75, 3.05) is 33.5 Å². The van der Waals surface area contributed by atoms with E-state index >= 15 is 0 Å². The van der Waals surface area contributed by atoms with Gasteiger partial charge in [-0.15, -0.1) is 0 Å². The van der Waals surface area contributed by atoms with Gasteiger partial charge < -0.3 is 19.4 Å². The number of hydrogen-bond donors (Lipinski definition) is 1. The van der Waals surface area contributed by atoms with Crippen LogP contribution in [0.1, 0.15) is 5.69 Å². The first-order valence-electron chi connectivity index (χ1n) is 5.86. The number of aromatic nitrogens is 2. The lowest BCUT2D eigenvalue weighted by molar-refractivity contribution is -0.174. The number of methoxy groups -OCH3 is 1. The lowest BCUT2D eigenvalue weighted by Crippen LogP contribution is -2.22. The molecular formula is C11H18F3N3O2. The van der Waals surface area contributed by atoms with Crippen molar-refractivity contribution in [3.05, 3.63) is 18.2 Å². The summed E-state index contributed by atoms with van der Waals surface area (Å²) in [6.45, 7) is 1.01. The van der Waals surface area contributed by atoms with Crippen molar-refractivity contribution in [2.45, 2.75) is 19.3 Å². The summed E-state index contributed by atoms with van der Waals surface area (Å²) < 4.78 is 46.8. The van der Waals surface area contributed by atoms with E-state index < -0.39 is 12.8 Å². The highest BCUT2D eigenvalue weighted by Crippen LogP contribution is 2.14. The lowest BCUT2D eigenvalue weighted by atomic mass is 10.4. The average Bonchev–Trinajstić information content (AvgIpc) is 2.77. The van der Waals surface area contributed by atoms with Gasteiger partial charge in [0.2, 0.25) is 0 Å². The van der Waals surface area contributed by atoms with E-state index in [1.165, 1.54) is 0 Å². The molecule has 1 aromatic rings. The number of nitrogens with one attached hydrogen (secondary N) is 1. The minimum atomic E-state index is -4.28. The van der Waals surface area contributed by atoms with Crippen molar-refractivity contribution in [3.63, 3.8) is 0 Å². The number of imidazole rings is 1. The molecule has 8 heteroatoms. The largest absolute Gasteiger partial charge is 0.411 e. The lowest BCUT2D eigenvalue weighted by Gasteiger charge is -2.10. The summed E-state index contributed by atoms with van der Waals surface area (Å²) in [6, 6.07) is 0. The molecule has 0 atom stereocenters. The summed E-state index contributed by atoms with van der Waals surface area (Å²) in [7, 11) is 1.62. The highest BCUT2D eigenvalue weighted by Gasteiger charge is 2.27.